The van der Waals surface area contributed by atoms with Crippen molar-refractivity contribution in [2.75, 3.05) is 6.61 Å². The molecule has 23 heavy (non-hydrogen) atoms. The van der Waals surface area contributed by atoms with Gasteiger partial charge in [-0.3, -0.25) is 4.52 Å². The molecule has 136 valence electrons. The Balaban J connectivity index is 0. The molecule has 1 atom stereocenters. The molecule has 0 heterocycles. The Hall–Kier alpha value is 1.71. The van der Waals surface area contributed by atoms with Gasteiger partial charge in [0.05, 0.1) is 0 Å². The van der Waals surface area contributed by atoms with Gasteiger partial charge in [-0.2, -0.15) is 0 Å². The zero-order valence-electron chi connectivity index (χ0n) is 14.3. The van der Waals surface area contributed by atoms with E-state index in [2.05, 4.69) is 11.4 Å². The Morgan fingerprint density at radius 1 is 0.826 bits per heavy atom. The molecule has 1 unspecified atom stereocenters. The zero-order valence-corrected chi connectivity index (χ0v) is 15.2. The molecular weight excluding hydrogens is 342 g/mol. The molecule has 7 heteroatoms. The van der Waals surface area contributed by atoms with Crippen LogP contribution in [0.1, 0.15) is 90.9 Å². The molecule has 0 saturated heterocycles. The van der Waals surface area contributed by atoms with Gasteiger partial charge in [-0.05, 0) is 13.3 Å². The summed E-state index contributed by atoms with van der Waals surface area (Å²) in [5, 5.41) is 0. The van der Waals surface area contributed by atoms with Crippen LogP contribution in [0.25, 0.3) is 0 Å². The molecule has 0 radical (unpaired) electrons. The molecule has 0 aliphatic heterocycles. The minimum atomic E-state index is -4.43. The van der Waals surface area contributed by atoms with E-state index in [1.54, 1.807) is 0 Å². The summed E-state index contributed by atoms with van der Waals surface area (Å²) in [6.45, 7) is 4.23. The number of ether oxygens (including phenoxy) is 1. The zero-order chi connectivity index (χ0) is 16.7. The summed E-state index contributed by atoms with van der Waals surface area (Å²) in [4.78, 5) is 17.2. The molecule has 0 rings (SSSR count). The molecule has 0 aromatic rings. The third-order valence-corrected chi connectivity index (χ3v) is 4.21. The fourth-order valence-corrected chi connectivity index (χ4v) is 2.86. The van der Waals surface area contributed by atoms with Crippen molar-refractivity contribution in [2.45, 2.75) is 97.2 Å². The molecule has 0 aromatic carbocycles. The third-order valence-electron chi connectivity index (χ3n) is 3.64. The number of unbranched alkanes of at least 4 members (excludes halogenated alkanes) is 11. The second-order valence-corrected chi connectivity index (χ2v) is 7.12. The van der Waals surface area contributed by atoms with Gasteiger partial charge in [-0.15, -0.1) is 0 Å². The summed E-state index contributed by atoms with van der Waals surface area (Å²) in [7, 11) is -4.43. The first-order chi connectivity index (χ1) is 10.5. The topological polar surface area (TPSA) is 76.0 Å². The summed E-state index contributed by atoms with van der Waals surface area (Å²) in [6.07, 6.45) is 14.5. The molecule has 0 aliphatic rings. The molecule has 0 amide bonds. The van der Waals surface area contributed by atoms with Gasteiger partial charge in [-0.1, -0.05) is 77.6 Å². The summed E-state index contributed by atoms with van der Waals surface area (Å²) < 4.78 is 20.2. The molecule has 0 spiro atoms. The van der Waals surface area contributed by atoms with Crippen LogP contribution >= 0.6 is 7.82 Å². The van der Waals surface area contributed by atoms with E-state index in [0.717, 1.165) is 12.8 Å². The van der Waals surface area contributed by atoms with Crippen LogP contribution in [0.4, 0.5) is 0 Å². The van der Waals surface area contributed by atoms with Gasteiger partial charge >= 0.3 is 59.2 Å². The van der Waals surface area contributed by atoms with Gasteiger partial charge < -0.3 is 14.5 Å². The van der Waals surface area contributed by atoms with Crippen molar-refractivity contribution in [1.82, 2.24) is 0 Å². The summed E-state index contributed by atoms with van der Waals surface area (Å²) in [5.41, 5.74) is 0. The first-order valence-corrected chi connectivity index (χ1v) is 10.3. The quantitative estimate of drug-likeness (QED) is 0.179. The van der Waals surface area contributed by atoms with E-state index >= 15 is 0 Å². The molecule has 0 aliphatic carbocycles. The summed E-state index contributed by atoms with van der Waals surface area (Å²) >= 11 is 0. The van der Waals surface area contributed by atoms with Crippen molar-refractivity contribution < 1.29 is 23.6 Å². The van der Waals surface area contributed by atoms with Crippen LogP contribution in [-0.2, 0) is 13.8 Å². The normalized spacial score (nSPS) is 12.9. The second kappa shape index (κ2) is 18.5. The number of hydrogen-bond acceptors (Lipinski definition) is 3. The van der Waals surface area contributed by atoms with Gasteiger partial charge in [0, 0.05) is 6.61 Å². The Kier molecular flexibility index (Phi) is 21.7. The molecule has 0 fully saturated rings. The van der Waals surface area contributed by atoms with Crippen LogP contribution in [0.15, 0.2) is 0 Å². The van der Waals surface area contributed by atoms with Crippen molar-refractivity contribution in [3.8, 4) is 0 Å². The number of hydrogen-bond donors (Lipinski definition) is 2. The number of phosphoric acid groups is 1. The van der Waals surface area contributed by atoms with E-state index in [9.17, 15) is 4.57 Å². The minimum absolute atomic E-state index is 0. The van der Waals surface area contributed by atoms with Crippen LogP contribution in [0.2, 0.25) is 0 Å². The van der Waals surface area contributed by atoms with Gasteiger partial charge in [0.1, 0.15) is 0 Å². The van der Waals surface area contributed by atoms with Crippen molar-refractivity contribution in [3.05, 3.63) is 0 Å². The van der Waals surface area contributed by atoms with E-state index in [0.29, 0.717) is 6.61 Å². The first kappa shape index (κ1) is 26.9. The Labute approximate surface area is 185 Å². The van der Waals surface area contributed by atoms with Gasteiger partial charge in [-0.25, -0.2) is 4.57 Å². The maximum absolute atomic E-state index is 10.6. The molecule has 2 N–H and O–H groups in total. The maximum atomic E-state index is 10.6. The first-order valence-electron chi connectivity index (χ1n) is 8.81. The standard InChI is InChI=1S/C16H35O5P.K.H/c1-3-4-5-6-7-8-9-10-11-12-13-14-15-20-16(2)21-22(17,18)19;;/h16H,3-15H2,1-2H3,(H2,17,18,19);;. The van der Waals surface area contributed by atoms with Crippen molar-refractivity contribution in [1.29, 1.82) is 0 Å². The number of rotatable bonds is 16. The van der Waals surface area contributed by atoms with Crippen molar-refractivity contribution in [3.63, 3.8) is 0 Å². The molecule has 0 aromatic heterocycles. The molecule has 0 saturated carbocycles. The fourth-order valence-electron chi connectivity index (χ4n) is 2.42. The number of phosphoric ester groups is 1. The van der Waals surface area contributed by atoms with E-state index in [-0.39, 0.29) is 51.4 Å². The Bertz CT molecular complexity index is 286. The van der Waals surface area contributed by atoms with Crippen LogP contribution in [-0.4, -0.2) is 74.1 Å². The predicted octanol–water partition coefficient (Wildman–Crippen LogP) is 4.51. The average molecular weight is 379 g/mol. The second-order valence-electron chi connectivity index (χ2n) is 5.92. The monoisotopic (exact) mass is 378 g/mol. The van der Waals surface area contributed by atoms with Crippen molar-refractivity contribution >= 4 is 59.2 Å². The Morgan fingerprint density at radius 3 is 1.61 bits per heavy atom. The van der Waals surface area contributed by atoms with E-state index in [1.165, 1.54) is 71.1 Å². The summed E-state index contributed by atoms with van der Waals surface area (Å²) in [5.74, 6) is 0. The third kappa shape index (κ3) is 23.7. The van der Waals surface area contributed by atoms with E-state index in [1.807, 2.05) is 0 Å². The molecule has 5 nitrogen and oxygen atoms in total. The van der Waals surface area contributed by atoms with Crippen LogP contribution in [0.5, 0.6) is 0 Å². The fraction of sp³-hybridized carbons (Fsp3) is 1.00. The predicted molar refractivity (Wildman–Crippen MR) is 96.8 cm³/mol. The van der Waals surface area contributed by atoms with E-state index in [4.69, 9.17) is 14.5 Å². The SMILES string of the molecule is CCCCCCCCCCCCCCOC(C)OP(=O)(O)O.[KH]. The molecular formula is C16H36KO5P. The van der Waals surface area contributed by atoms with Gasteiger partial charge in [0.2, 0.25) is 0 Å². The van der Waals surface area contributed by atoms with Gasteiger partial charge in [0.25, 0.3) is 0 Å². The molecule has 0 bridgehead atoms. The van der Waals surface area contributed by atoms with Gasteiger partial charge in [0.15, 0.2) is 6.29 Å². The summed E-state index contributed by atoms with van der Waals surface area (Å²) in [6, 6.07) is 0. The van der Waals surface area contributed by atoms with E-state index < -0.39 is 14.1 Å². The Morgan fingerprint density at radius 2 is 1.22 bits per heavy atom. The average Bonchev–Trinajstić information content (AvgIpc) is 2.42. The van der Waals surface area contributed by atoms with Crippen LogP contribution < -0.4 is 0 Å². The van der Waals surface area contributed by atoms with Crippen LogP contribution in [0.3, 0.4) is 0 Å². The van der Waals surface area contributed by atoms with Crippen LogP contribution in [0, 0.1) is 0 Å². The van der Waals surface area contributed by atoms with Crippen molar-refractivity contribution in [2.24, 2.45) is 0 Å².